The number of hydrogen-bond acceptors (Lipinski definition) is 6. The van der Waals surface area contributed by atoms with Gasteiger partial charge in [-0.1, -0.05) is 23.7 Å². The maximum absolute atomic E-state index is 12.7. The van der Waals surface area contributed by atoms with Crippen LogP contribution in [0.1, 0.15) is 48.2 Å². The van der Waals surface area contributed by atoms with Crippen molar-refractivity contribution in [3.8, 4) is 0 Å². The molecule has 6 rings (SSSR count). The highest BCUT2D eigenvalue weighted by atomic mass is 35.5. The van der Waals surface area contributed by atoms with E-state index >= 15 is 0 Å². The van der Waals surface area contributed by atoms with Gasteiger partial charge in [0.05, 0.1) is 12.2 Å². The molecule has 8 nitrogen and oxygen atoms in total. The molecule has 9 heteroatoms. The molecule has 2 N–H and O–H groups in total. The first kappa shape index (κ1) is 20.1. The lowest BCUT2D eigenvalue weighted by Crippen LogP contribution is -2.15. The summed E-state index contributed by atoms with van der Waals surface area (Å²) in [5.74, 6) is 1.86. The van der Waals surface area contributed by atoms with Crippen LogP contribution in [0.2, 0.25) is 5.02 Å². The molecule has 0 radical (unpaired) electrons. The minimum Gasteiger partial charge on any atom is -0.378 e. The van der Waals surface area contributed by atoms with Crippen molar-refractivity contribution in [1.29, 1.82) is 0 Å². The van der Waals surface area contributed by atoms with Gasteiger partial charge in [-0.05, 0) is 61.1 Å². The van der Waals surface area contributed by atoms with Gasteiger partial charge >= 0.3 is 0 Å². The fourth-order valence-corrected chi connectivity index (χ4v) is 4.31. The van der Waals surface area contributed by atoms with E-state index < -0.39 is 0 Å². The lowest BCUT2D eigenvalue weighted by atomic mass is 10.1. The number of halogens is 1. The van der Waals surface area contributed by atoms with E-state index in [1.165, 1.54) is 12.8 Å². The van der Waals surface area contributed by atoms with Gasteiger partial charge in [0.1, 0.15) is 5.82 Å². The standard InChI is InChI=1S/C24H22ClN7O/c25-16-3-1-2-15(10-16)18-12-19(18)24(33)29-21-11-17(8-9-26-21)27-13-22-28-23-7-6-20(14-4-5-14)30-32(23)31-22/h1-3,6-11,14,18-19H,4-5,12-13H2,(H2,26,27,29,33)/t18-,19+/m1/s1. The summed E-state index contributed by atoms with van der Waals surface area (Å²) in [6, 6.07) is 15.4. The Bertz CT molecular complexity index is 1350. The van der Waals surface area contributed by atoms with E-state index in [0.29, 0.717) is 29.1 Å². The fraction of sp³-hybridized carbons (Fsp3) is 0.292. The molecule has 33 heavy (non-hydrogen) atoms. The number of carbonyl (C=O) groups is 1. The van der Waals surface area contributed by atoms with Crippen LogP contribution in [-0.2, 0) is 11.3 Å². The number of pyridine rings is 1. The summed E-state index contributed by atoms with van der Waals surface area (Å²) in [5.41, 5.74) is 3.74. The first-order valence-corrected chi connectivity index (χ1v) is 11.5. The van der Waals surface area contributed by atoms with E-state index in [4.69, 9.17) is 11.6 Å². The molecule has 2 fully saturated rings. The largest absolute Gasteiger partial charge is 0.378 e. The van der Waals surface area contributed by atoms with E-state index in [0.717, 1.165) is 29.0 Å². The second-order valence-electron chi connectivity index (χ2n) is 8.68. The molecule has 0 bridgehead atoms. The summed E-state index contributed by atoms with van der Waals surface area (Å²) in [4.78, 5) is 21.5. The van der Waals surface area contributed by atoms with Gasteiger partial charge in [0.15, 0.2) is 11.5 Å². The zero-order valence-electron chi connectivity index (χ0n) is 17.8. The van der Waals surface area contributed by atoms with Crippen LogP contribution < -0.4 is 10.6 Å². The van der Waals surface area contributed by atoms with Crippen LogP contribution in [0.3, 0.4) is 0 Å². The molecule has 166 valence electrons. The molecule has 2 aliphatic carbocycles. The van der Waals surface area contributed by atoms with Gasteiger partial charge in [-0.3, -0.25) is 4.79 Å². The van der Waals surface area contributed by atoms with Crippen LogP contribution in [0.25, 0.3) is 5.65 Å². The van der Waals surface area contributed by atoms with E-state index in [2.05, 4.69) is 30.8 Å². The van der Waals surface area contributed by atoms with Gasteiger partial charge in [0, 0.05) is 34.8 Å². The summed E-state index contributed by atoms with van der Waals surface area (Å²) >= 11 is 6.08. The Morgan fingerprint density at radius 1 is 1.12 bits per heavy atom. The lowest BCUT2D eigenvalue weighted by molar-refractivity contribution is -0.117. The average Bonchev–Trinajstić information content (AvgIpc) is 3.74. The molecule has 2 atom stereocenters. The number of benzene rings is 1. The molecule has 2 aliphatic rings. The smallest absolute Gasteiger partial charge is 0.229 e. The Kier molecular flexibility index (Phi) is 4.95. The normalized spacial score (nSPS) is 19.4. The number of aromatic nitrogens is 5. The molecule has 1 amide bonds. The monoisotopic (exact) mass is 459 g/mol. The quantitative estimate of drug-likeness (QED) is 0.425. The first-order chi connectivity index (χ1) is 16.1. The minimum absolute atomic E-state index is 0.0239. The molecule has 2 saturated carbocycles. The molecule has 3 aromatic heterocycles. The van der Waals surface area contributed by atoms with Gasteiger partial charge in [0.25, 0.3) is 0 Å². The summed E-state index contributed by atoms with van der Waals surface area (Å²) in [6.07, 6.45) is 4.88. The van der Waals surface area contributed by atoms with Crippen molar-refractivity contribution in [1.82, 2.24) is 24.8 Å². The number of amides is 1. The molecule has 0 spiro atoms. The first-order valence-electron chi connectivity index (χ1n) is 11.1. The number of hydrogen-bond donors (Lipinski definition) is 2. The Balaban J connectivity index is 1.08. The molecule has 3 heterocycles. The predicted octanol–water partition coefficient (Wildman–Crippen LogP) is 4.40. The maximum Gasteiger partial charge on any atom is 0.229 e. The Hall–Kier alpha value is -3.52. The molecule has 0 unspecified atom stereocenters. The van der Waals surface area contributed by atoms with Crippen LogP contribution in [0.4, 0.5) is 11.5 Å². The van der Waals surface area contributed by atoms with E-state index in [-0.39, 0.29) is 17.7 Å². The summed E-state index contributed by atoms with van der Waals surface area (Å²) in [7, 11) is 0. The third-order valence-corrected chi connectivity index (χ3v) is 6.37. The lowest BCUT2D eigenvalue weighted by Gasteiger charge is -2.08. The van der Waals surface area contributed by atoms with Crippen molar-refractivity contribution in [2.45, 2.75) is 37.6 Å². The number of rotatable bonds is 7. The molecular weight excluding hydrogens is 438 g/mol. The minimum atomic E-state index is -0.0583. The van der Waals surface area contributed by atoms with Crippen molar-refractivity contribution in [2.24, 2.45) is 5.92 Å². The molecule has 4 aromatic rings. The molecule has 0 saturated heterocycles. The second-order valence-corrected chi connectivity index (χ2v) is 9.12. The number of nitrogens with one attached hydrogen (secondary N) is 2. The third kappa shape index (κ3) is 4.39. The number of nitrogens with zero attached hydrogens (tertiary/aromatic N) is 5. The van der Waals surface area contributed by atoms with Gasteiger partial charge in [-0.2, -0.15) is 5.10 Å². The van der Waals surface area contributed by atoms with E-state index in [9.17, 15) is 4.79 Å². The van der Waals surface area contributed by atoms with Crippen LogP contribution in [0.5, 0.6) is 0 Å². The average molecular weight is 460 g/mol. The van der Waals surface area contributed by atoms with Gasteiger partial charge in [-0.25, -0.2) is 9.97 Å². The van der Waals surface area contributed by atoms with Gasteiger partial charge in [-0.15, -0.1) is 9.73 Å². The topological polar surface area (TPSA) is 97.1 Å². The predicted molar refractivity (Wildman–Crippen MR) is 125 cm³/mol. The number of carbonyl (C=O) groups excluding carboxylic acids is 1. The maximum atomic E-state index is 12.7. The summed E-state index contributed by atoms with van der Waals surface area (Å²) in [5, 5.41) is 16.0. The number of anilines is 2. The highest BCUT2D eigenvalue weighted by Crippen LogP contribution is 2.48. The zero-order chi connectivity index (χ0) is 22.4. The van der Waals surface area contributed by atoms with Crippen LogP contribution in [-0.4, -0.2) is 30.7 Å². The van der Waals surface area contributed by atoms with Crippen molar-refractivity contribution in [3.05, 3.63) is 76.8 Å². The Morgan fingerprint density at radius 3 is 2.88 bits per heavy atom. The van der Waals surface area contributed by atoms with E-state index in [1.807, 2.05) is 48.5 Å². The van der Waals surface area contributed by atoms with Crippen molar-refractivity contribution in [2.75, 3.05) is 10.6 Å². The molecule has 1 aromatic carbocycles. The van der Waals surface area contributed by atoms with Gasteiger partial charge in [0.2, 0.25) is 5.91 Å². The second kappa shape index (κ2) is 8.12. The van der Waals surface area contributed by atoms with Crippen molar-refractivity contribution >= 4 is 34.7 Å². The molecule has 0 aliphatic heterocycles. The van der Waals surface area contributed by atoms with E-state index in [1.54, 1.807) is 10.8 Å². The van der Waals surface area contributed by atoms with Crippen LogP contribution in [0, 0.1) is 5.92 Å². The highest BCUT2D eigenvalue weighted by Gasteiger charge is 2.44. The van der Waals surface area contributed by atoms with Crippen molar-refractivity contribution in [3.63, 3.8) is 0 Å². The number of fused-ring (bicyclic) bond motifs is 1. The molecular formula is C24H22ClN7O. The zero-order valence-corrected chi connectivity index (χ0v) is 18.5. The SMILES string of the molecule is O=C(Nc1cc(NCc2nc3ccc(C4CC4)nn3n2)ccn1)[C@H]1C[C@@H]1c1cccc(Cl)c1. The fourth-order valence-electron chi connectivity index (χ4n) is 4.11. The Morgan fingerprint density at radius 2 is 2.03 bits per heavy atom. The van der Waals surface area contributed by atoms with Crippen molar-refractivity contribution < 1.29 is 4.79 Å². The summed E-state index contributed by atoms with van der Waals surface area (Å²) in [6.45, 7) is 0.443. The Labute approximate surface area is 195 Å². The van der Waals surface area contributed by atoms with Crippen LogP contribution in [0.15, 0.2) is 54.7 Å². The highest BCUT2D eigenvalue weighted by molar-refractivity contribution is 6.30. The summed E-state index contributed by atoms with van der Waals surface area (Å²) < 4.78 is 1.61. The van der Waals surface area contributed by atoms with Crippen LogP contribution >= 0.6 is 11.6 Å². The third-order valence-electron chi connectivity index (χ3n) is 6.13. The van der Waals surface area contributed by atoms with Gasteiger partial charge < -0.3 is 10.6 Å².